The van der Waals surface area contributed by atoms with Crippen LogP contribution >= 0.6 is 0 Å². The standard InChI is InChI=1S/C10H22N2O4S/c1-6-12(8(2)7-9(13)14)17(15,16)11-10(3,4)5/h8,11H,6-7H2,1-5H3,(H,13,14). The Kier molecular flexibility index (Phi) is 5.57. The van der Waals surface area contributed by atoms with Gasteiger partial charge in [0.1, 0.15) is 0 Å². The summed E-state index contributed by atoms with van der Waals surface area (Å²) in [7, 11) is -3.65. The van der Waals surface area contributed by atoms with Crippen LogP contribution in [0.2, 0.25) is 0 Å². The van der Waals surface area contributed by atoms with Crippen LogP contribution in [-0.4, -0.2) is 41.9 Å². The van der Waals surface area contributed by atoms with Gasteiger partial charge >= 0.3 is 5.97 Å². The lowest BCUT2D eigenvalue weighted by Crippen LogP contribution is -2.51. The largest absolute Gasteiger partial charge is 0.481 e. The van der Waals surface area contributed by atoms with Gasteiger partial charge in [-0.2, -0.15) is 17.4 Å². The second-order valence-corrected chi connectivity index (χ2v) is 6.63. The van der Waals surface area contributed by atoms with E-state index in [1.807, 2.05) is 0 Å². The minimum Gasteiger partial charge on any atom is -0.481 e. The van der Waals surface area contributed by atoms with Gasteiger partial charge in [0.05, 0.1) is 6.42 Å². The van der Waals surface area contributed by atoms with Crippen LogP contribution in [0.4, 0.5) is 0 Å². The van der Waals surface area contributed by atoms with Gasteiger partial charge in [0, 0.05) is 18.1 Å². The molecule has 0 aromatic rings. The molecule has 0 bridgehead atoms. The molecule has 1 atom stereocenters. The Morgan fingerprint density at radius 2 is 1.88 bits per heavy atom. The summed E-state index contributed by atoms with van der Waals surface area (Å²) in [6.07, 6.45) is -0.209. The number of hydrogen-bond acceptors (Lipinski definition) is 3. The third-order valence-electron chi connectivity index (χ3n) is 2.02. The Labute approximate surface area is 103 Å². The monoisotopic (exact) mass is 266 g/mol. The van der Waals surface area contributed by atoms with E-state index in [1.165, 1.54) is 0 Å². The molecule has 0 aliphatic rings. The predicted octanol–water partition coefficient (Wildman–Crippen LogP) is 0.804. The summed E-state index contributed by atoms with van der Waals surface area (Å²) in [5.74, 6) is -1.01. The van der Waals surface area contributed by atoms with Gasteiger partial charge in [0.2, 0.25) is 0 Å². The van der Waals surface area contributed by atoms with Crippen molar-refractivity contribution in [1.29, 1.82) is 0 Å². The van der Waals surface area contributed by atoms with Gasteiger partial charge in [0.15, 0.2) is 0 Å². The van der Waals surface area contributed by atoms with Gasteiger partial charge in [0.25, 0.3) is 10.2 Å². The van der Waals surface area contributed by atoms with Crippen molar-refractivity contribution in [2.75, 3.05) is 6.54 Å². The molecule has 0 aliphatic carbocycles. The molecule has 0 amide bonds. The Balaban J connectivity index is 4.93. The average Bonchev–Trinajstić information content (AvgIpc) is 1.96. The van der Waals surface area contributed by atoms with E-state index in [4.69, 9.17) is 5.11 Å². The fraction of sp³-hybridized carbons (Fsp3) is 0.900. The molecule has 0 aromatic heterocycles. The number of carbonyl (C=O) groups is 1. The Bertz CT molecular complexity index is 359. The molecule has 2 N–H and O–H groups in total. The predicted molar refractivity (Wildman–Crippen MR) is 65.9 cm³/mol. The van der Waals surface area contributed by atoms with Gasteiger partial charge in [-0.05, 0) is 27.7 Å². The number of nitrogens with zero attached hydrogens (tertiary/aromatic N) is 1. The van der Waals surface area contributed by atoms with Gasteiger partial charge < -0.3 is 5.11 Å². The third kappa shape index (κ3) is 5.99. The average molecular weight is 266 g/mol. The highest BCUT2D eigenvalue weighted by atomic mass is 32.2. The molecule has 0 saturated heterocycles. The van der Waals surface area contributed by atoms with Crippen molar-refractivity contribution in [3.05, 3.63) is 0 Å². The van der Waals surface area contributed by atoms with Crippen molar-refractivity contribution >= 4 is 16.2 Å². The number of aliphatic carboxylic acids is 1. The first-order valence-electron chi connectivity index (χ1n) is 5.52. The van der Waals surface area contributed by atoms with Crippen LogP contribution in [0.3, 0.4) is 0 Å². The summed E-state index contributed by atoms with van der Waals surface area (Å²) < 4.78 is 27.7. The van der Waals surface area contributed by atoms with Crippen molar-refractivity contribution in [2.24, 2.45) is 0 Å². The minimum atomic E-state index is -3.65. The highest BCUT2D eigenvalue weighted by Gasteiger charge is 2.30. The number of carboxylic acid groups (broad SMARTS) is 1. The van der Waals surface area contributed by atoms with E-state index in [2.05, 4.69) is 4.72 Å². The lowest BCUT2D eigenvalue weighted by molar-refractivity contribution is -0.137. The van der Waals surface area contributed by atoms with Crippen LogP contribution in [0.25, 0.3) is 0 Å². The SMILES string of the molecule is CCN(C(C)CC(=O)O)S(=O)(=O)NC(C)(C)C. The maximum atomic E-state index is 12.0. The lowest BCUT2D eigenvalue weighted by Gasteiger charge is -2.30. The quantitative estimate of drug-likeness (QED) is 0.744. The normalized spacial score (nSPS) is 14.9. The van der Waals surface area contributed by atoms with Gasteiger partial charge in [-0.15, -0.1) is 0 Å². The van der Waals surface area contributed by atoms with Crippen LogP contribution in [0.5, 0.6) is 0 Å². The highest BCUT2D eigenvalue weighted by molar-refractivity contribution is 7.87. The third-order valence-corrected chi connectivity index (χ3v) is 4.12. The fourth-order valence-electron chi connectivity index (χ4n) is 1.52. The molecule has 0 aliphatic heterocycles. The zero-order chi connectivity index (χ0) is 13.9. The van der Waals surface area contributed by atoms with E-state index in [9.17, 15) is 13.2 Å². The van der Waals surface area contributed by atoms with Gasteiger partial charge in [-0.25, -0.2) is 0 Å². The molecule has 7 heteroatoms. The maximum Gasteiger partial charge on any atom is 0.304 e. The van der Waals surface area contributed by atoms with Gasteiger partial charge in [-0.3, -0.25) is 4.79 Å². The number of carboxylic acids is 1. The van der Waals surface area contributed by atoms with Crippen LogP contribution in [0, 0.1) is 0 Å². The van der Waals surface area contributed by atoms with Crippen molar-refractivity contribution in [3.8, 4) is 0 Å². The van der Waals surface area contributed by atoms with E-state index in [1.54, 1.807) is 34.6 Å². The zero-order valence-corrected chi connectivity index (χ0v) is 11.8. The molecule has 6 nitrogen and oxygen atoms in total. The summed E-state index contributed by atoms with van der Waals surface area (Å²) >= 11 is 0. The summed E-state index contributed by atoms with van der Waals surface area (Å²) in [6, 6.07) is -0.572. The molecular weight excluding hydrogens is 244 g/mol. The molecule has 102 valence electrons. The molecular formula is C10H22N2O4S. The minimum absolute atomic E-state index is 0.209. The Hall–Kier alpha value is -0.660. The van der Waals surface area contributed by atoms with Crippen LogP contribution in [-0.2, 0) is 15.0 Å². The van der Waals surface area contributed by atoms with Crippen LogP contribution < -0.4 is 4.72 Å². The Morgan fingerprint density at radius 3 is 2.18 bits per heavy atom. The summed E-state index contributed by atoms with van der Waals surface area (Å²) in [5.41, 5.74) is -0.588. The molecule has 0 aromatic carbocycles. The number of nitrogens with one attached hydrogen (secondary N) is 1. The lowest BCUT2D eigenvalue weighted by atomic mass is 10.1. The van der Waals surface area contributed by atoms with Crippen molar-refractivity contribution < 1.29 is 18.3 Å². The number of rotatable bonds is 6. The van der Waals surface area contributed by atoms with Crippen LogP contribution in [0.1, 0.15) is 41.0 Å². The second kappa shape index (κ2) is 5.79. The summed E-state index contributed by atoms with van der Waals surface area (Å²) in [5, 5.41) is 8.68. The number of hydrogen-bond donors (Lipinski definition) is 2. The summed E-state index contributed by atoms with van der Waals surface area (Å²) in [6.45, 7) is 8.71. The smallest absolute Gasteiger partial charge is 0.304 e. The molecule has 0 spiro atoms. The van der Waals surface area contributed by atoms with E-state index in [-0.39, 0.29) is 13.0 Å². The van der Waals surface area contributed by atoms with Crippen molar-refractivity contribution in [1.82, 2.24) is 9.03 Å². The first-order valence-corrected chi connectivity index (χ1v) is 6.96. The topological polar surface area (TPSA) is 86.7 Å². The van der Waals surface area contributed by atoms with E-state index >= 15 is 0 Å². The fourth-order valence-corrected chi connectivity index (χ4v) is 3.30. The molecule has 0 fully saturated rings. The highest BCUT2D eigenvalue weighted by Crippen LogP contribution is 2.12. The molecule has 0 saturated carbocycles. The maximum absolute atomic E-state index is 12.0. The zero-order valence-electron chi connectivity index (χ0n) is 11.0. The second-order valence-electron chi connectivity index (χ2n) is 5.01. The molecule has 1 unspecified atom stereocenters. The van der Waals surface area contributed by atoms with Crippen molar-refractivity contribution in [2.45, 2.75) is 52.6 Å². The summed E-state index contributed by atoms with van der Waals surface area (Å²) in [4.78, 5) is 10.6. The molecule has 0 rings (SSSR count). The van der Waals surface area contributed by atoms with E-state index in [0.717, 1.165) is 4.31 Å². The van der Waals surface area contributed by atoms with Crippen LogP contribution in [0.15, 0.2) is 0 Å². The Morgan fingerprint density at radius 1 is 1.41 bits per heavy atom. The molecule has 17 heavy (non-hydrogen) atoms. The van der Waals surface area contributed by atoms with E-state index < -0.39 is 27.8 Å². The van der Waals surface area contributed by atoms with E-state index in [0.29, 0.717) is 0 Å². The first kappa shape index (κ1) is 16.3. The van der Waals surface area contributed by atoms with Crippen molar-refractivity contribution in [3.63, 3.8) is 0 Å². The first-order chi connectivity index (χ1) is 7.49. The molecule has 0 radical (unpaired) electrons. The molecule has 0 heterocycles. The van der Waals surface area contributed by atoms with Gasteiger partial charge in [-0.1, -0.05) is 6.92 Å².